The third-order valence-corrected chi connectivity index (χ3v) is 4.80. The van der Waals surface area contributed by atoms with Crippen LogP contribution in [0.4, 0.5) is 0 Å². The molecule has 0 spiro atoms. The van der Waals surface area contributed by atoms with Gasteiger partial charge in [0, 0.05) is 30.1 Å². The van der Waals surface area contributed by atoms with E-state index in [2.05, 4.69) is 34.9 Å². The van der Waals surface area contributed by atoms with E-state index < -0.39 is 0 Å². The predicted octanol–water partition coefficient (Wildman–Crippen LogP) is 2.87. The summed E-state index contributed by atoms with van der Waals surface area (Å²) < 4.78 is 1.89. The normalized spacial score (nSPS) is 21.1. The maximum Gasteiger partial charge on any atom is 0.159 e. The number of fused-ring (bicyclic) bond motifs is 1. The summed E-state index contributed by atoms with van der Waals surface area (Å²) in [5, 5.41) is 15.7. The highest BCUT2D eigenvalue weighted by Crippen LogP contribution is 2.26. The molecular weight excluding hydrogens is 300 g/mol. The lowest BCUT2D eigenvalue weighted by Gasteiger charge is -2.18. The first-order valence-electron chi connectivity index (χ1n) is 7.88. The summed E-state index contributed by atoms with van der Waals surface area (Å²) >= 11 is 6.39. The molecule has 3 rings (SSSR count). The van der Waals surface area contributed by atoms with Crippen molar-refractivity contribution in [2.45, 2.75) is 45.9 Å². The van der Waals surface area contributed by atoms with E-state index in [-0.39, 0.29) is 12.1 Å². The molecule has 2 aromatic rings. The molecule has 2 unspecified atom stereocenters. The lowest BCUT2D eigenvalue weighted by Crippen LogP contribution is -2.24. The van der Waals surface area contributed by atoms with Gasteiger partial charge in [0.25, 0.3) is 0 Å². The Bertz CT molecular complexity index is 667. The molecule has 1 saturated heterocycles. The Morgan fingerprint density at radius 3 is 2.82 bits per heavy atom. The van der Waals surface area contributed by atoms with E-state index in [1.165, 1.54) is 0 Å². The predicted molar refractivity (Wildman–Crippen MR) is 88.0 cm³/mol. The Morgan fingerprint density at radius 1 is 1.41 bits per heavy atom. The molecule has 0 amide bonds. The number of nitrogens with zero attached hydrogens (tertiary/aromatic N) is 4. The fourth-order valence-electron chi connectivity index (χ4n) is 3.13. The number of aromatic nitrogens is 3. The summed E-state index contributed by atoms with van der Waals surface area (Å²) in [5.41, 5.74) is 1.87. The molecule has 5 nitrogen and oxygen atoms in total. The number of hydrogen-bond donors (Lipinski definition) is 1. The van der Waals surface area contributed by atoms with Crippen LogP contribution in [0.2, 0.25) is 5.15 Å². The van der Waals surface area contributed by atoms with Crippen LogP contribution in [0, 0.1) is 5.92 Å². The van der Waals surface area contributed by atoms with Crippen LogP contribution in [0.5, 0.6) is 0 Å². The largest absolute Gasteiger partial charge is 0.393 e. The number of hydrogen-bond acceptors (Lipinski definition) is 4. The molecule has 2 aromatic heterocycles. The van der Waals surface area contributed by atoms with Crippen LogP contribution in [0.1, 0.15) is 38.8 Å². The highest BCUT2D eigenvalue weighted by molar-refractivity contribution is 6.30. The molecule has 0 aliphatic carbocycles. The first-order valence-corrected chi connectivity index (χ1v) is 8.26. The van der Waals surface area contributed by atoms with Gasteiger partial charge in [-0.15, -0.1) is 0 Å². The highest BCUT2D eigenvalue weighted by atomic mass is 35.5. The number of aliphatic hydroxyl groups is 1. The van der Waals surface area contributed by atoms with Crippen LogP contribution in [0.3, 0.4) is 0 Å². The molecule has 120 valence electrons. The summed E-state index contributed by atoms with van der Waals surface area (Å²) in [6, 6.07) is 2.35. The molecule has 1 aliphatic rings. The summed E-state index contributed by atoms with van der Waals surface area (Å²) in [5.74, 6) is 0.360. The van der Waals surface area contributed by atoms with E-state index in [0.717, 1.165) is 42.7 Å². The van der Waals surface area contributed by atoms with Gasteiger partial charge in [0.1, 0.15) is 5.15 Å². The van der Waals surface area contributed by atoms with E-state index in [9.17, 15) is 5.11 Å². The smallest absolute Gasteiger partial charge is 0.159 e. The minimum Gasteiger partial charge on any atom is -0.393 e. The molecule has 22 heavy (non-hydrogen) atoms. The second kappa shape index (κ2) is 6.14. The topological polar surface area (TPSA) is 54.2 Å². The zero-order valence-electron chi connectivity index (χ0n) is 13.3. The van der Waals surface area contributed by atoms with Crippen molar-refractivity contribution in [2.24, 2.45) is 5.92 Å². The van der Waals surface area contributed by atoms with Gasteiger partial charge in [0.15, 0.2) is 5.65 Å². The van der Waals surface area contributed by atoms with Crippen LogP contribution in [-0.4, -0.2) is 44.0 Å². The van der Waals surface area contributed by atoms with Crippen LogP contribution < -0.4 is 0 Å². The van der Waals surface area contributed by atoms with E-state index in [1.807, 2.05) is 17.8 Å². The second-order valence-corrected chi connectivity index (χ2v) is 6.92. The third kappa shape index (κ3) is 2.98. The van der Waals surface area contributed by atoms with E-state index >= 15 is 0 Å². The molecule has 1 aliphatic heterocycles. The number of rotatable bonds is 4. The minimum absolute atomic E-state index is 0.245. The monoisotopic (exact) mass is 322 g/mol. The Balaban J connectivity index is 1.82. The van der Waals surface area contributed by atoms with Crippen molar-refractivity contribution in [3.8, 4) is 0 Å². The highest BCUT2D eigenvalue weighted by Gasteiger charge is 2.26. The van der Waals surface area contributed by atoms with Gasteiger partial charge in [0.2, 0.25) is 0 Å². The Morgan fingerprint density at radius 2 is 2.18 bits per heavy atom. The fraction of sp³-hybridized carbons (Fsp3) is 0.625. The maximum atomic E-state index is 9.71. The van der Waals surface area contributed by atoms with Crippen molar-refractivity contribution < 1.29 is 5.11 Å². The van der Waals surface area contributed by atoms with Crippen LogP contribution in [0.15, 0.2) is 12.3 Å². The Labute approximate surface area is 135 Å². The van der Waals surface area contributed by atoms with Crippen molar-refractivity contribution in [3.05, 3.63) is 23.0 Å². The number of likely N-dealkylation sites (tertiary alicyclic amines) is 1. The van der Waals surface area contributed by atoms with Gasteiger partial charge in [-0.3, -0.25) is 4.90 Å². The molecule has 1 fully saturated rings. The lowest BCUT2D eigenvalue weighted by molar-refractivity contribution is 0.127. The molecule has 3 heterocycles. The van der Waals surface area contributed by atoms with Gasteiger partial charge in [0.05, 0.1) is 12.3 Å². The molecule has 0 bridgehead atoms. The summed E-state index contributed by atoms with van der Waals surface area (Å²) in [6.07, 6.45) is 2.64. The van der Waals surface area contributed by atoms with E-state index in [4.69, 9.17) is 11.6 Å². The summed E-state index contributed by atoms with van der Waals surface area (Å²) in [4.78, 5) is 6.88. The van der Waals surface area contributed by atoms with Crippen molar-refractivity contribution in [2.75, 3.05) is 13.1 Å². The summed E-state index contributed by atoms with van der Waals surface area (Å²) in [6.45, 7) is 8.71. The van der Waals surface area contributed by atoms with Crippen LogP contribution in [-0.2, 0) is 6.54 Å². The second-order valence-electron chi connectivity index (χ2n) is 6.56. The van der Waals surface area contributed by atoms with Gasteiger partial charge < -0.3 is 5.11 Å². The number of aliphatic hydroxyl groups excluding tert-OH is 1. The zero-order chi connectivity index (χ0) is 15.9. The molecule has 6 heteroatoms. The molecule has 0 radical (unpaired) electrons. The van der Waals surface area contributed by atoms with Crippen LogP contribution >= 0.6 is 11.6 Å². The number of halogens is 1. The zero-order valence-corrected chi connectivity index (χ0v) is 14.1. The lowest BCUT2D eigenvalue weighted by atomic mass is 10.0. The fourth-order valence-corrected chi connectivity index (χ4v) is 3.32. The summed E-state index contributed by atoms with van der Waals surface area (Å²) in [7, 11) is 0. The first kappa shape index (κ1) is 15.7. The average molecular weight is 323 g/mol. The molecular formula is C16H23ClN4O. The molecule has 0 saturated carbocycles. The average Bonchev–Trinajstić information content (AvgIpc) is 3.06. The van der Waals surface area contributed by atoms with Crippen molar-refractivity contribution in [1.29, 1.82) is 0 Å². The van der Waals surface area contributed by atoms with Gasteiger partial charge in [-0.1, -0.05) is 11.6 Å². The SMILES string of the molecule is CC(O)C1CCN(Cc2cc3cnn(C(C)C)c3nc2Cl)C1. The van der Waals surface area contributed by atoms with Crippen molar-refractivity contribution in [3.63, 3.8) is 0 Å². The van der Waals surface area contributed by atoms with Crippen molar-refractivity contribution >= 4 is 22.6 Å². The molecule has 0 aromatic carbocycles. The van der Waals surface area contributed by atoms with Gasteiger partial charge in [-0.25, -0.2) is 9.67 Å². The molecule has 1 N–H and O–H groups in total. The van der Waals surface area contributed by atoms with Gasteiger partial charge >= 0.3 is 0 Å². The number of pyridine rings is 1. The van der Waals surface area contributed by atoms with E-state index in [0.29, 0.717) is 11.1 Å². The van der Waals surface area contributed by atoms with E-state index in [1.54, 1.807) is 0 Å². The maximum absolute atomic E-state index is 9.71. The van der Waals surface area contributed by atoms with Crippen LogP contribution in [0.25, 0.3) is 11.0 Å². The van der Waals surface area contributed by atoms with Gasteiger partial charge in [-0.2, -0.15) is 5.10 Å². The van der Waals surface area contributed by atoms with Crippen molar-refractivity contribution in [1.82, 2.24) is 19.7 Å². The first-order chi connectivity index (χ1) is 10.5. The quantitative estimate of drug-likeness (QED) is 0.879. The Kier molecular flexibility index (Phi) is 4.39. The van der Waals surface area contributed by atoms with Gasteiger partial charge in [-0.05, 0) is 45.7 Å². The minimum atomic E-state index is -0.245. The Hall–Kier alpha value is -1.17. The third-order valence-electron chi connectivity index (χ3n) is 4.47. The molecule has 2 atom stereocenters. The standard InChI is InChI=1S/C16H23ClN4O/c1-10(2)21-16-13(7-18-21)6-14(15(17)19-16)9-20-5-4-12(8-20)11(3)22/h6-7,10-12,22H,4-5,8-9H2,1-3H3.